The van der Waals surface area contributed by atoms with Crippen molar-refractivity contribution in [2.45, 2.75) is 160 Å². The van der Waals surface area contributed by atoms with Gasteiger partial charge in [-0.15, -0.1) is 6.58 Å². The van der Waals surface area contributed by atoms with E-state index in [1.165, 1.54) is 4.90 Å². The third kappa shape index (κ3) is 11.3. The summed E-state index contributed by atoms with van der Waals surface area (Å²) >= 11 is 0. The van der Waals surface area contributed by atoms with Crippen LogP contribution in [0, 0.1) is 35.5 Å². The molecule has 4 aliphatic rings. The Morgan fingerprint density at radius 3 is 2.23 bits per heavy atom. The number of Topliss-reactive ketones (excluding diaryl/α,β-unsaturated/α-hetero) is 2. The van der Waals surface area contributed by atoms with E-state index in [2.05, 4.69) is 13.5 Å². The van der Waals surface area contributed by atoms with E-state index in [0.29, 0.717) is 62.5 Å². The number of allylic oxidation sites excluding steroid dienone is 4. The Hall–Kier alpha value is -2.74. The number of hydrogen-bond acceptors (Lipinski definition) is 11. The van der Waals surface area contributed by atoms with Crippen LogP contribution in [0.2, 0.25) is 0 Å². The van der Waals surface area contributed by atoms with Gasteiger partial charge in [-0.05, 0) is 112 Å². The summed E-state index contributed by atoms with van der Waals surface area (Å²) in [5.74, 6) is -4.42. The molecule has 2 bridgehead atoms. The Balaban J connectivity index is 1.78. The van der Waals surface area contributed by atoms with Gasteiger partial charge in [-0.2, -0.15) is 0 Å². The van der Waals surface area contributed by atoms with Crippen molar-refractivity contribution in [1.82, 2.24) is 4.90 Å². The van der Waals surface area contributed by atoms with Gasteiger partial charge in [0.25, 0.3) is 11.7 Å². The SMILES string of the molecule is C=CCC1=CC(C)CC(C)CC(OC)C2CC(O)(C(=O)C(=O)N3CCCCC3C(=O)OC(C(C)=CC3CCC(O)C(OC)C3)C(C)C(O)CC1=O)C(C)CC2OC. The lowest BCUT2D eigenvalue weighted by molar-refractivity contribution is -0.178. The van der Waals surface area contributed by atoms with Crippen molar-refractivity contribution in [3.05, 3.63) is 36.0 Å². The molecule has 2 saturated carbocycles. The highest BCUT2D eigenvalue weighted by molar-refractivity contribution is 6.39. The van der Waals surface area contributed by atoms with Gasteiger partial charge < -0.3 is 39.2 Å². The van der Waals surface area contributed by atoms with Gasteiger partial charge in [0.2, 0.25) is 0 Å². The van der Waals surface area contributed by atoms with Crippen LogP contribution in [0.4, 0.5) is 0 Å². The predicted molar refractivity (Wildman–Crippen MR) is 216 cm³/mol. The van der Waals surface area contributed by atoms with Crippen LogP contribution in [0.1, 0.15) is 112 Å². The molecule has 14 atom stereocenters. The first kappa shape index (κ1) is 46.9. The number of amides is 1. The molecule has 3 N–H and O–H groups in total. The number of ketones is 2. The lowest BCUT2D eigenvalue weighted by Gasteiger charge is -2.47. The van der Waals surface area contributed by atoms with Crippen LogP contribution < -0.4 is 0 Å². The second kappa shape index (κ2) is 21.0. The molecule has 0 aromatic rings. The fourth-order valence-electron chi connectivity index (χ4n) is 10.1. The molecule has 0 aromatic heterocycles. The third-order valence-electron chi connectivity index (χ3n) is 13.5. The molecule has 0 spiro atoms. The molecule has 1 saturated heterocycles. The number of aliphatic hydroxyl groups excluding tert-OH is 2. The van der Waals surface area contributed by atoms with Crippen molar-refractivity contribution in [2.24, 2.45) is 35.5 Å². The number of fused-ring (bicyclic) bond motifs is 3. The first-order valence-corrected chi connectivity index (χ1v) is 21.2. The molecule has 57 heavy (non-hydrogen) atoms. The molecule has 3 fully saturated rings. The van der Waals surface area contributed by atoms with Crippen molar-refractivity contribution in [3.8, 4) is 0 Å². The summed E-state index contributed by atoms with van der Waals surface area (Å²) < 4.78 is 23.8. The molecule has 2 aliphatic carbocycles. The van der Waals surface area contributed by atoms with Gasteiger partial charge in [-0.1, -0.05) is 45.9 Å². The summed E-state index contributed by atoms with van der Waals surface area (Å²) in [5, 5.41) is 34.4. The van der Waals surface area contributed by atoms with E-state index in [1.807, 2.05) is 26.0 Å². The maximum atomic E-state index is 14.3. The average molecular weight is 802 g/mol. The zero-order valence-corrected chi connectivity index (χ0v) is 35.7. The summed E-state index contributed by atoms with van der Waals surface area (Å²) in [5.41, 5.74) is -0.785. The number of esters is 1. The van der Waals surface area contributed by atoms with Gasteiger partial charge in [0.15, 0.2) is 5.78 Å². The Morgan fingerprint density at radius 1 is 0.912 bits per heavy atom. The van der Waals surface area contributed by atoms with Gasteiger partial charge >= 0.3 is 5.97 Å². The molecule has 1 amide bonds. The van der Waals surface area contributed by atoms with Crippen molar-refractivity contribution in [2.75, 3.05) is 27.9 Å². The Labute approximate surface area is 340 Å². The minimum Gasteiger partial charge on any atom is -0.456 e. The lowest BCUT2D eigenvalue weighted by atomic mass is 9.65. The van der Waals surface area contributed by atoms with E-state index >= 15 is 0 Å². The number of nitrogens with zero attached hydrogens (tertiary/aromatic N) is 1. The maximum absolute atomic E-state index is 14.3. The monoisotopic (exact) mass is 802 g/mol. The number of ether oxygens (including phenoxy) is 4. The smallest absolute Gasteiger partial charge is 0.329 e. The molecular formula is C45H71NO11. The largest absolute Gasteiger partial charge is 0.456 e. The van der Waals surface area contributed by atoms with E-state index in [9.17, 15) is 34.5 Å². The second-order valence-corrected chi connectivity index (χ2v) is 17.8. The summed E-state index contributed by atoms with van der Waals surface area (Å²) in [6, 6.07) is -1.09. The Bertz CT molecular complexity index is 1480. The minimum absolute atomic E-state index is 0.00187. The van der Waals surface area contributed by atoms with Gasteiger partial charge in [-0.25, -0.2) is 4.79 Å². The predicted octanol–water partition coefficient (Wildman–Crippen LogP) is 5.30. The number of rotatable bonds is 7. The number of carbonyl (C=O) groups excluding carboxylic acids is 4. The first-order chi connectivity index (χ1) is 27.0. The third-order valence-corrected chi connectivity index (χ3v) is 13.5. The fraction of sp³-hybridized carbons (Fsp3) is 0.778. The maximum Gasteiger partial charge on any atom is 0.329 e. The first-order valence-electron chi connectivity index (χ1n) is 21.2. The molecule has 4 rings (SSSR count). The Kier molecular flexibility index (Phi) is 17.3. The molecule has 322 valence electrons. The molecule has 0 aromatic carbocycles. The lowest BCUT2D eigenvalue weighted by Crippen LogP contribution is -2.61. The summed E-state index contributed by atoms with van der Waals surface area (Å²) in [6.45, 7) is 13.5. The zero-order valence-electron chi connectivity index (χ0n) is 35.7. The number of aliphatic hydroxyl groups is 3. The summed E-state index contributed by atoms with van der Waals surface area (Å²) in [4.78, 5) is 58.1. The normalized spacial score (nSPS) is 40.1. The van der Waals surface area contributed by atoms with E-state index in [-0.39, 0.29) is 61.6 Å². The summed E-state index contributed by atoms with van der Waals surface area (Å²) in [6.07, 6.45) is 6.80. The van der Waals surface area contributed by atoms with E-state index in [0.717, 1.165) is 6.42 Å². The van der Waals surface area contributed by atoms with Crippen LogP contribution in [-0.4, -0.2) is 120 Å². The molecule has 2 heterocycles. The number of cyclic esters (lactones) is 1. The molecule has 12 nitrogen and oxygen atoms in total. The van der Waals surface area contributed by atoms with E-state index < -0.39 is 71.5 Å². The van der Waals surface area contributed by atoms with Gasteiger partial charge in [0.05, 0.1) is 30.5 Å². The van der Waals surface area contributed by atoms with Crippen LogP contribution in [0.25, 0.3) is 0 Å². The van der Waals surface area contributed by atoms with Crippen molar-refractivity contribution < 1.29 is 53.4 Å². The fourth-order valence-corrected chi connectivity index (χ4v) is 10.1. The van der Waals surface area contributed by atoms with Crippen LogP contribution in [0.3, 0.4) is 0 Å². The highest BCUT2D eigenvalue weighted by Gasteiger charge is 2.55. The van der Waals surface area contributed by atoms with Gasteiger partial charge in [-0.3, -0.25) is 14.4 Å². The second-order valence-electron chi connectivity index (χ2n) is 17.8. The van der Waals surface area contributed by atoms with Crippen LogP contribution in [-0.2, 0) is 38.1 Å². The van der Waals surface area contributed by atoms with Gasteiger partial charge in [0, 0.05) is 46.1 Å². The van der Waals surface area contributed by atoms with E-state index in [1.54, 1.807) is 41.3 Å². The highest BCUT2D eigenvalue weighted by Crippen LogP contribution is 2.43. The zero-order chi connectivity index (χ0) is 42.2. The summed E-state index contributed by atoms with van der Waals surface area (Å²) in [7, 11) is 4.78. The molecular weight excluding hydrogens is 730 g/mol. The molecule has 0 radical (unpaired) electrons. The minimum atomic E-state index is -2.01. The quantitative estimate of drug-likeness (QED) is 0.174. The van der Waals surface area contributed by atoms with E-state index in [4.69, 9.17) is 18.9 Å². The highest BCUT2D eigenvalue weighted by atomic mass is 16.5. The Morgan fingerprint density at radius 2 is 1.58 bits per heavy atom. The molecule has 12 heteroatoms. The van der Waals surface area contributed by atoms with Gasteiger partial charge in [0.1, 0.15) is 17.7 Å². The van der Waals surface area contributed by atoms with Crippen LogP contribution >= 0.6 is 0 Å². The number of methoxy groups -OCH3 is 3. The molecule has 14 unspecified atom stereocenters. The number of piperidine rings is 1. The number of hydrogen-bond donors (Lipinski definition) is 3. The van der Waals surface area contributed by atoms with Crippen LogP contribution in [0.5, 0.6) is 0 Å². The average Bonchev–Trinajstić information content (AvgIpc) is 3.18. The van der Waals surface area contributed by atoms with Crippen molar-refractivity contribution in [3.63, 3.8) is 0 Å². The standard InChI is InChI=1S/C45H71NO11/c1-10-13-32-19-26(2)18-27(3)20-38(54-7)33-25-45(53,29(5)22-39(33)55-8)42(50)43(51)46-17-12-11-14-34(46)44(52)57-41(30(6)36(48)24-37(32)49)28(4)21-31-15-16-35(47)40(23-31)56-9/h10,19,21,26-27,29-31,33-36,38-41,47-48,53H,1,11-18,20,22-25H2,2-9H3. The topological polar surface area (TPSA) is 169 Å². The van der Waals surface area contributed by atoms with Crippen LogP contribution in [0.15, 0.2) is 36.0 Å². The molecule has 2 aliphatic heterocycles. The number of carbonyl (C=O) groups is 4. The van der Waals surface area contributed by atoms with Crippen molar-refractivity contribution in [1.29, 1.82) is 0 Å². The van der Waals surface area contributed by atoms with Crippen molar-refractivity contribution >= 4 is 23.4 Å².